The Balaban J connectivity index is 1.63. The van der Waals surface area contributed by atoms with Crippen molar-refractivity contribution in [1.29, 1.82) is 0 Å². The fourth-order valence-corrected chi connectivity index (χ4v) is 4.92. The van der Waals surface area contributed by atoms with Crippen molar-refractivity contribution in [3.63, 3.8) is 0 Å². The van der Waals surface area contributed by atoms with Crippen molar-refractivity contribution >= 4 is 27.5 Å². The van der Waals surface area contributed by atoms with Gasteiger partial charge < -0.3 is 19.4 Å². The van der Waals surface area contributed by atoms with Crippen LogP contribution in [-0.2, 0) is 12.0 Å². The molecule has 1 aliphatic rings. The number of thiazole rings is 1. The van der Waals surface area contributed by atoms with Gasteiger partial charge in [0.1, 0.15) is 28.0 Å². The lowest BCUT2D eigenvalue weighted by molar-refractivity contribution is 0.0441. The van der Waals surface area contributed by atoms with Gasteiger partial charge in [-0.2, -0.15) is 0 Å². The molecule has 12 heteroatoms. The second kappa shape index (κ2) is 7.66. The Kier molecular flexibility index (Phi) is 5.01. The van der Waals surface area contributed by atoms with Gasteiger partial charge in [0.15, 0.2) is 5.69 Å². The highest BCUT2D eigenvalue weighted by Gasteiger charge is 2.41. The van der Waals surface area contributed by atoms with Crippen molar-refractivity contribution in [3.05, 3.63) is 64.1 Å². The van der Waals surface area contributed by atoms with Crippen molar-refractivity contribution < 1.29 is 27.5 Å². The van der Waals surface area contributed by atoms with Crippen LogP contribution in [0, 0.1) is 5.82 Å². The number of carbonyl (C=O) groups is 1. The summed E-state index contributed by atoms with van der Waals surface area (Å²) in [6.07, 6.45) is -1.22. The summed E-state index contributed by atoms with van der Waals surface area (Å²) >= 11 is 1.19. The number of imidazole rings is 1. The second-order valence-electron chi connectivity index (χ2n) is 8.15. The van der Waals surface area contributed by atoms with Gasteiger partial charge in [-0.1, -0.05) is 6.07 Å². The molecule has 0 spiro atoms. The van der Waals surface area contributed by atoms with Crippen molar-refractivity contribution in [2.24, 2.45) is 0 Å². The lowest BCUT2D eigenvalue weighted by Gasteiger charge is -2.33. The lowest BCUT2D eigenvalue weighted by atomic mass is 10.0. The van der Waals surface area contributed by atoms with Crippen molar-refractivity contribution in [2.45, 2.75) is 38.3 Å². The number of halogens is 3. The number of benzene rings is 1. The summed E-state index contributed by atoms with van der Waals surface area (Å²) in [6, 6.07) is 3.72. The van der Waals surface area contributed by atoms with E-state index in [2.05, 4.69) is 19.9 Å². The molecule has 172 valence electrons. The third kappa shape index (κ3) is 3.59. The summed E-state index contributed by atoms with van der Waals surface area (Å²) in [5.74, 6) is -2.39. The van der Waals surface area contributed by atoms with Gasteiger partial charge in [-0.25, -0.2) is 28.1 Å². The maximum absolute atomic E-state index is 14.3. The predicted molar refractivity (Wildman–Crippen MR) is 111 cm³/mol. The van der Waals surface area contributed by atoms with E-state index in [9.17, 15) is 23.1 Å². The molecule has 1 atom stereocenters. The van der Waals surface area contributed by atoms with Crippen LogP contribution < -0.4 is 0 Å². The number of oxazole rings is 1. The van der Waals surface area contributed by atoms with Crippen LogP contribution in [0.4, 0.5) is 13.2 Å². The zero-order chi connectivity index (χ0) is 23.5. The number of aromatic amines is 1. The molecule has 2 N–H and O–H groups in total. The fourth-order valence-electron chi connectivity index (χ4n) is 3.82. The molecule has 3 aromatic heterocycles. The quantitative estimate of drug-likeness (QED) is 0.458. The molecule has 0 radical (unpaired) electrons. The first-order chi connectivity index (χ1) is 15.6. The number of rotatable bonds is 4. The molecule has 1 aliphatic heterocycles. The van der Waals surface area contributed by atoms with Crippen LogP contribution in [0.5, 0.6) is 0 Å². The van der Waals surface area contributed by atoms with E-state index in [1.54, 1.807) is 12.1 Å². The highest BCUT2D eigenvalue weighted by atomic mass is 32.1. The van der Waals surface area contributed by atoms with Gasteiger partial charge in [-0.05, 0) is 26.0 Å². The smallest absolute Gasteiger partial charge is 0.292 e. The van der Waals surface area contributed by atoms with E-state index in [4.69, 9.17) is 4.42 Å². The maximum Gasteiger partial charge on any atom is 0.292 e. The summed E-state index contributed by atoms with van der Waals surface area (Å²) in [5, 5.41) is 10.5. The summed E-state index contributed by atoms with van der Waals surface area (Å²) < 4.78 is 47.6. The molecule has 0 saturated heterocycles. The first-order valence-electron chi connectivity index (χ1n) is 10.0. The Hall–Kier alpha value is -3.25. The third-order valence-electron chi connectivity index (χ3n) is 5.38. The highest BCUT2D eigenvalue weighted by Crippen LogP contribution is 2.39. The molecule has 1 amide bonds. The van der Waals surface area contributed by atoms with Crippen molar-refractivity contribution in [3.8, 4) is 0 Å². The van der Waals surface area contributed by atoms with Crippen LogP contribution in [0.15, 0.2) is 28.9 Å². The van der Waals surface area contributed by atoms with Crippen molar-refractivity contribution in [1.82, 2.24) is 24.8 Å². The monoisotopic (exact) mass is 477 g/mol. The Labute approximate surface area is 189 Å². The van der Waals surface area contributed by atoms with E-state index in [-0.39, 0.29) is 12.1 Å². The number of alkyl halides is 2. The molecule has 0 unspecified atom stereocenters. The number of aliphatic hydroxyl groups is 1. The van der Waals surface area contributed by atoms with Crippen LogP contribution >= 0.6 is 11.3 Å². The van der Waals surface area contributed by atoms with E-state index in [0.717, 1.165) is 5.69 Å². The molecule has 33 heavy (non-hydrogen) atoms. The molecule has 8 nitrogen and oxygen atoms in total. The number of fused-ring (bicyclic) bond motifs is 2. The molecule has 0 saturated carbocycles. The molecule has 5 rings (SSSR count). The molecular weight excluding hydrogens is 459 g/mol. The molecule has 1 aromatic carbocycles. The van der Waals surface area contributed by atoms with Crippen LogP contribution in [0.1, 0.15) is 64.8 Å². The number of H-pyrrole nitrogens is 1. The van der Waals surface area contributed by atoms with Gasteiger partial charge in [0.2, 0.25) is 11.7 Å². The Morgan fingerprint density at radius 2 is 2.15 bits per heavy atom. The summed E-state index contributed by atoms with van der Waals surface area (Å²) in [5.41, 5.74) is -1.09. The molecular formula is C21H18F3N5O3S. The minimum absolute atomic E-state index is 0.151. The largest absolute Gasteiger partial charge is 0.432 e. The lowest BCUT2D eigenvalue weighted by Crippen LogP contribution is -2.41. The number of amides is 1. The van der Waals surface area contributed by atoms with E-state index in [1.165, 1.54) is 42.5 Å². The Morgan fingerprint density at radius 3 is 2.85 bits per heavy atom. The van der Waals surface area contributed by atoms with E-state index in [1.807, 2.05) is 0 Å². The normalized spacial score (nSPS) is 16.6. The van der Waals surface area contributed by atoms with Gasteiger partial charge in [0, 0.05) is 18.7 Å². The minimum atomic E-state index is -3.09. The first-order valence-corrected chi connectivity index (χ1v) is 10.9. The molecule has 0 fully saturated rings. The molecule has 0 bridgehead atoms. The van der Waals surface area contributed by atoms with Gasteiger partial charge in [0.05, 0.1) is 16.7 Å². The summed E-state index contributed by atoms with van der Waals surface area (Å²) in [6.45, 7) is 2.79. The van der Waals surface area contributed by atoms with Crippen LogP contribution in [0.25, 0.3) is 10.2 Å². The Morgan fingerprint density at radius 1 is 1.36 bits per heavy atom. The van der Waals surface area contributed by atoms with Crippen LogP contribution in [0.2, 0.25) is 0 Å². The molecule has 0 aliphatic carbocycles. The number of nitrogens with zero attached hydrogens (tertiary/aromatic N) is 4. The number of para-hydroxylation sites is 1. The summed E-state index contributed by atoms with van der Waals surface area (Å²) in [7, 11) is 0. The van der Waals surface area contributed by atoms with E-state index < -0.39 is 47.1 Å². The van der Waals surface area contributed by atoms with Gasteiger partial charge in [-0.15, -0.1) is 11.3 Å². The number of carbonyl (C=O) groups excluding carboxylic acids is 1. The van der Waals surface area contributed by atoms with Crippen molar-refractivity contribution in [2.75, 3.05) is 6.54 Å². The van der Waals surface area contributed by atoms with E-state index >= 15 is 0 Å². The second-order valence-corrected chi connectivity index (χ2v) is 9.21. The Bertz CT molecular complexity index is 1360. The van der Waals surface area contributed by atoms with Crippen LogP contribution in [0.3, 0.4) is 0 Å². The minimum Gasteiger partial charge on any atom is -0.432 e. The summed E-state index contributed by atoms with van der Waals surface area (Å²) in [4.78, 5) is 30.2. The zero-order valence-electron chi connectivity index (χ0n) is 17.5. The number of aromatic nitrogens is 4. The highest BCUT2D eigenvalue weighted by molar-refractivity contribution is 7.18. The van der Waals surface area contributed by atoms with Gasteiger partial charge in [0.25, 0.3) is 12.3 Å². The average molecular weight is 477 g/mol. The average Bonchev–Trinajstić information content (AvgIpc) is 3.49. The third-order valence-corrected chi connectivity index (χ3v) is 6.46. The molecule has 4 aromatic rings. The van der Waals surface area contributed by atoms with Gasteiger partial charge >= 0.3 is 0 Å². The molecule has 4 heterocycles. The van der Waals surface area contributed by atoms with Gasteiger partial charge in [-0.3, -0.25) is 4.79 Å². The fraction of sp³-hybridized carbons (Fsp3) is 0.333. The first kappa shape index (κ1) is 21.6. The zero-order valence-corrected chi connectivity index (χ0v) is 18.3. The number of hydrogen-bond acceptors (Lipinski definition) is 7. The SMILES string of the molecule is CC(C)(O)c1nc(C(F)F)c(C(=O)N2CCc3[nH]cnc3[C@H]2c2nc3c(F)cccc3s2)o1. The number of nitrogens with one attached hydrogen (secondary N) is 1. The standard InChI is InChI=1S/C21H18F3N5O3S/c1-21(2,31)20-28-14(17(23)24)16(32-20)19(30)29-7-6-10-13(26-8-25-10)15(29)18-27-12-9(22)4-3-5-11(12)33-18/h3-5,8,15,17,31H,6-7H2,1-2H3,(H,25,26)/t15-/m0/s1. The maximum atomic E-state index is 14.3. The van der Waals surface area contributed by atoms with E-state index in [0.29, 0.717) is 21.8 Å². The predicted octanol–water partition coefficient (Wildman–Crippen LogP) is 4.10. The topological polar surface area (TPSA) is 108 Å². The van der Waals surface area contributed by atoms with Crippen LogP contribution in [-0.4, -0.2) is 42.4 Å². The number of hydrogen-bond donors (Lipinski definition) is 2.